The van der Waals surface area contributed by atoms with E-state index in [1.165, 1.54) is 0 Å². The van der Waals surface area contributed by atoms with Crippen molar-refractivity contribution in [3.05, 3.63) is 94.6 Å². The summed E-state index contributed by atoms with van der Waals surface area (Å²) in [5.74, 6) is 0. The smallest absolute Gasteiger partial charge is 0.108 e. The molecule has 0 N–H and O–H groups in total. The number of hydrogen-bond donors (Lipinski definition) is 0. The van der Waals surface area contributed by atoms with Crippen LogP contribution in [0.5, 0.6) is 0 Å². The van der Waals surface area contributed by atoms with Gasteiger partial charge in [0, 0.05) is 27.4 Å². The third-order valence-corrected chi connectivity index (χ3v) is 5.50. The average Bonchev–Trinajstić information content (AvgIpc) is 3.08. The Bertz CT molecular complexity index is 1410. The molecule has 2 aromatic carbocycles. The Hall–Kier alpha value is -3.32. The second-order valence-electron chi connectivity index (χ2n) is 6.71. The van der Waals surface area contributed by atoms with Gasteiger partial charge in [-0.1, -0.05) is 53.5 Å². The van der Waals surface area contributed by atoms with E-state index in [9.17, 15) is 5.26 Å². The van der Waals surface area contributed by atoms with Gasteiger partial charge in [-0.15, -0.1) is 0 Å². The van der Waals surface area contributed by atoms with Gasteiger partial charge in [0.1, 0.15) is 17.1 Å². The van der Waals surface area contributed by atoms with Crippen molar-refractivity contribution in [2.45, 2.75) is 0 Å². The molecule has 0 saturated carbocycles. The first-order valence-electron chi connectivity index (χ1n) is 9.01. The number of benzene rings is 2. The van der Waals surface area contributed by atoms with E-state index >= 15 is 0 Å². The van der Waals surface area contributed by atoms with Gasteiger partial charge in [0.05, 0.1) is 16.7 Å². The van der Waals surface area contributed by atoms with Crippen molar-refractivity contribution in [3.8, 4) is 28.5 Å². The van der Waals surface area contributed by atoms with E-state index in [0.717, 1.165) is 33.4 Å². The summed E-state index contributed by atoms with van der Waals surface area (Å²) in [5.41, 5.74) is 6.68. The highest BCUT2D eigenvalue weighted by atomic mass is 35.5. The van der Waals surface area contributed by atoms with Gasteiger partial charge in [0.25, 0.3) is 0 Å². The molecule has 0 spiro atoms. The zero-order chi connectivity index (χ0) is 20.0. The van der Waals surface area contributed by atoms with Crippen LogP contribution in [0, 0.1) is 11.3 Å². The van der Waals surface area contributed by atoms with Gasteiger partial charge in [0.15, 0.2) is 0 Å². The zero-order valence-corrected chi connectivity index (χ0v) is 16.6. The highest BCUT2D eigenvalue weighted by Gasteiger charge is 2.19. The summed E-state index contributed by atoms with van der Waals surface area (Å²) in [4.78, 5) is 4.87. The number of aromatic nitrogens is 2. The number of hydrogen-bond acceptors (Lipinski definition) is 2. The van der Waals surface area contributed by atoms with Crippen LogP contribution in [0.3, 0.4) is 0 Å². The fourth-order valence-electron chi connectivity index (χ4n) is 3.65. The zero-order valence-electron chi connectivity index (χ0n) is 15.1. The van der Waals surface area contributed by atoms with Gasteiger partial charge in [-0.2, -0.15) is 5.26 Å². The second kappa shape index (κ2) is 6.93. The van der Waals surface area contributed by atoms with Gasteiger partial charge >= 0.3 is 0 Å². The Labute approximate surface area is 177 Å². The molecule has 0 radical (unpaired) electrons. The van der Waals surface area contributed by atoms with Gasteiger partial charge in [-0.25, -0.2) is 4.98 Å². The number of pyridine rings is 2. The van der Waals surface area contributed by atoms with Crippen molar-refractivity contribution < 1.29 is 0 Å². The molecule has 0 aliphatic carbocycles. The van der Waals surface area contributed by atoms with Crippen LogP contribution in [0.4, 0.5) is 0 Å². The van der Waals surface area contributed by atoms with E-state index < -0.39 is 0 Å². The summed E-state index contributed by atoms with van der Waals surface area (Å²) in [7, 11) is 0. The lowest BCUT2D eigenvalue weighted by atomic mass is 10.0. The van der Waals surface area contributed by atoms with Gasteiger partial charge in [0.2, 0.25) is 0 Å². The molecule has 138 valence electrons. The molecule has 0 atom stereocenters. The largest absolute Gasteiger partial charge is 0.313 e. The lowest BCUT2D eigenvalue weighted by Crippen LogP contribution is -1.91. The first kappa shape index (κ1) is 17.8. The summed E-state index contributed by atoms with van der Waals surface area (Å²) in [6.45, 7) is 0. The Morgan fingerprint density at radius 1 is 0.828 bits per heavy atom. The van der Waals surface area contributed by atoms with E-state index in [0.29, 0.717) is 21.1 Å². The van der Waals surface area contributed by atoms with Crippen LogP contribution in [0.1, 0.15) is 5.56 Å². The molecule has 0 fully saturated rings. The molecule has 3 nitrogen and oxygen atoms in total. The average molecular weight is 414 g/mol. The van der Waals surface area contributed by atoms with E-state index in [2.05, 4.69) is 12.1 Å². The monoisotopic (exact) mass is 413 g/mol. The predicted molar refractivity (Wildman–Crippen MR) is 118 cm³/mol. The van der Waals surface area contributed by atoms with E-state index in [-0.39, 0.29) is 0 Å². The van der Waals surface area contributed by atoms with Crippen molar-refractivity contribution in [2.75, 3.05) is 0 Å². The van der Waals surface area contributed by atoms with Crippen LogP contribution >= 0.6 is 23.2 Å². The van der Waals surface area contributed by atoms with Crippen LogP contribution in [-0.4, -0.2) is 9.38 Å². The summed E-state index contributed by atoms with van der Waals surface area (Å²) >= 11 is 12.2. The number of nitriles is 1. The Morgan fingerprint density at radius 2 is 1.48 bits per heavy atom. The summed E-state index contributed by atoms with van der Waals surface area (Å²) in [6.07, 6.45) is 1.96. The lowest BCUT2D eigenvalue weighted by Gasteiger charge is -2.10. The van der Waals surface area contributed by atoms with E-state index in [4.69, 9.17) is 28.2 Å². The standard InChI is InChI=1S/C24H13Cl2N3/c25-17-8-4-15(5-9-17)19-13-21(16-6-10-18(26)11-7-16)28-23-20(14-27)22-3-1-2-12-29(22)24(19)23/h1-13H. The molecular weight excluding hydrogens is 401 g/mol. The third-order valence-electron chi connectivity index (χ3n) is 4.99. The van der Waals surface area contributed by atoms with Crippen LogP contribution in [0.15, 0.2) is 79.0 Å². The molecule has 0 aliphatic heterocycles. The maximum atomic E-state index is 9.88. The third kappa shape index (κ3) is 2.94. The second-order valence-corrected chi connectivity index (χ2v) is 7.58. The first-order valence-corrected chi connectivity index (χ1v) is 9.77. The van der Waals surface area contributed by atoms with Crippen LogP contribution in [0.25, 0.3) is 38.9 Å². The Morgan fingerprint density at radius 3 is 2.14 bits per heavy atom. The van der Waals surface area contributed by atoms with E-state index in [1.54, 1.807) is 0 Å². The van der Waals surface area contributed by atoms with Crippen LogP contribution in [-0.2, 0) is 0 Å². The highest BCUT2D eigenvalue weighted by molar-refractivity contribution is 6.31. The number of fused-ring (bicyclic) bond motifs is 3. The molecule has 29 heavy (non-hydrogen) atoms. The molecule has 0 aliphatic rings. The lowest BCUT2D eigenvalue weighted by molar-refractivity contribution is 1.25. The number of nitrogens with zero attached hydrogens (tertiary/aromatic N) is 3. The number of halogens is 2. The van der Waals surface area contributed by atoms with Gasteiger partial charge in [-0.3, -0.25) is 0 Å². The number of rotatable bonds is 2. The Balaban J connectivity index is 1.93. The maximum absolute atomic E-state index is 9.88. The Kier molecular flexibility index (Phi) is 4.24. The fourth-order valence-corrected chi connectivity index (χ4v) is 3.90. The van der Waals surface area contributed by atoms with Crippen molar-refractivity contribution >= 4 is 39.8 Å². The van der Waals surface area contributed by atoms with Crippen molar-refractivity contribution in [3.63, 3.8) is 0 Å². The van der Waals surface area contributed by atoms with Crippen molar-refractivity contribution in [2.24, 2.45) is 0 Å². The van der Waals surface area contributed by atoms with E-state index in [1.807, 2.05) is 77.3 Å². The van der Waals surface area contributed by atoms with Crippen molar-refractivity contribution in [1.29, 1.82) is 5.26 Å². The molecule has 0 bridgehead atoms. The summed E-state index contributed by atoms with van der Waals surface area (Å²) < 4.78 is 2.02. The first-order chi connectivity index (χ1) is 14.2. The topological polar surface area (TPSA) is 41.1 Å². The molecule has 5 heteroatoms. The van der Waals surface area contributed by atoms with Gasteiger partial charge in [-0.05, 0) is 48.0 Å². The molecule has 0 unspecified atom stereocenters. The molecule has 5 rings (SSSR count). The molecule has 3 aromatic heterocycles. The summed E-state index contributed by atoms with van der Waals surface area (Å²) in [5, 5.41) is 11.2. The minimum Gasteiger partial charge on any atom is -0.313 e. The van der Waals surface area contributed by atoms with Crippen LogP contribution < -0.4 is 0 Å². The molecule has 5 aromatic rings. The normalized spacial score (nSPS) is 11.1. The minimum absolute atomic E-state index is 0.562. The van der Waals surface area contributed by atoms with Gasteiger partial charge < -0.3 is 4.40 Å². The van der Waals surface area contributed by atoms with Crippen LogP contribution in [0.2, 0.25) is 10.0 Å². The van der Waals surface area contributed by atoms with Crippen molar-refractivity contribution in [1.82, 2.24) is 9.38 Å². The molecule has 0 saturated heterocycles. The SMILES string of the molecule is N#Cc1c2nc(-c3ccc(Cl)cc3)cc(-c3ccc(Cl)cc3)c2n2ccccc12. The predicted octanol–water partition coefficient (Wildman–Crippen LogP) is 7.00. The molecule has 0 amide bonds. The molecule has 3 heterocycles. The summed E-state index contributed by atoms with van der Waals surface area (Å²) in [6, 6.07) is 25.5. The highest BCUT2D eigenvalue weighted by Crippen LogP contribution is 2.36. The fraction of sp³-hybridized carbons (Fsp3) is 0. The quantitative estimate of drug-likeness (QED) is 0.312. The minimum atomic E-state index is 0.562. The molecular formula is C24H13Cl2N3. The maximum Gasteiger partial charge on any atom is 0.108 e.